The van der Waals surface area contributed by atoms with E-state index in [0.29, 0.717) is 17.8 Å². The predicted molar refractivity (Wildman–Crippen MR) is 85.0 cm³/mol. The number of hydrogen-bond donors (Lipinski definition) is 2. The van der Waals surface area contributed by atoms with E-state index in [1.165, 1.54) is 6.42 Å². The highest BCUT2D eigenvalue weighted by molar-refractivity contribution is 5.44. The Morgan fingerprint density at radius 1 is 1.14 bits per heavy atom. The number of rotatable bonds is 7. The van der Waals surface area contributed by atoms with Gasteiger partial charge in [-0.05, 0) is 33.1 Å². The topological polar surface area (TPSA) is 75.2 Å². The van der Waals surface area contributed by atoms with Gasteiger partial charge in [-0.3, -0.25) is 0 Å². The molecule has 0 amide bonds. The lowest BCUT2D eigenvalue weighted by Crippen LogP contribution is -2.31. The molecule has 1 aliphatic rings. The second-order valence-electron chi connectivity index (χ2n) is 5.16. The highest BCUT2D eigenvalue weighted by Crippen LogP contribution is 2.24. The minimum Gasteiger partial charge on any atom is -0.379 e. The highest BCUT2D eigenvalue weighted by atomic mass is 16.5. The number of nitrogens with one attached hydrogen (secondary N) is 2. The monoisotopic (exact) mass is 294 g/mol. The van der Waals surface area contributed by atoms with Gasteiger partial charge in [-0.25, -0.2) is 0 Å². The molecule has 0 radical (unpaired) electrons. The first-order chi connectivity index (χ1) is 10.2. The van der Waals surface area contributed by atoms with Crippen molar-refractivity contribution in [3.63, 3.8) is 0 Å². The average Bonchev–Trinajstić information content (AvgIpc) is 2.95. The first-order valence-electron chi connectivity index (χ1n) is 7.69. The summed E-state index contributed by atoms with van der Waals surface area (Å²) in [7, 11) is 3.58. The Labute approximate surface area is 126 Å². The van der Waals surface area contributed by atoms with Gasteiger partial charge in [0.1, 0.15) is 0 Å². The van der Waals surface area contributed by atoms with Crippen LogP contribution in [0.5, 0.6) is 0 Å². The maximum absolute atomic E-state index is 5.51. The maximum atomic E-state index is 5.51. The molecular weight excluding hydrogens is 268 g/mol. The number of nitrogens with zero attached hydrogens (tertiary/aromatic N) is 4. The van der Waals surface area contributed by atoms with Crippen molar-refractivity contribution in [3.05, 3.63) is 0 Å². The molecule has 0 saturated heterocycles. The summed E-state index contributed by atoms with van der Waals surface area (Å²) < 4.78 is 5.51. The number of aromatic nitrogens is 3. The van der Waals surface area contributed by atoms with Gasteiger partial charge in [0.15, 0.2) is 0 Å². The Kier molecular flexibility index (Phi) is 5.55. The second kappa shape index (κ2) is 7.40. The van der Waals surface area contributed by atoms with E-state index in [9.17, 15) is 0 Å². The molecule has 0 aromatic carbocycles. The molecule has 1 heterocycles. The van der Waals surface area contributed by atoms with Crippen LogP contribution in [0.2, 0.25) is 0 Å². The summed E-state index contributed by atoms with van der Waals surface area (Å²) >= 11 is 0. The van der Waals surface area contributed by atoms with Gasteiger partial charge in [0.25, 0.3) is 0 Å². The van der Waals surface area contributed by atoms with Crippen molar-refractivity contribution in [2.24, 2.45) is 0 Å². The van der Waals surface area contributed by atoms with Crippen LogP contribution in [0.15, 0.2) is 0 Å². The van der Waals surface area contributed by atoms with Crippen LogP contribution in [0.4, 0.5) is 17.8 Å². The van der Waals surface area contributed by atoms with E-state index < -0.39 is 0 Å². The Hall–Kier alpha value is -1.63. The van der Waals surface area contributed by atoms with E-state index in [4.69, 9.17) is 4.74 Å². The lowest BCUT2D eigenvalue weighted by Gasteiger charge is -2.22. The van der Waals surface area contributed by atoms with Crippen LogP contribution in [-0.2, 0) is 4.74 Å². The summed E-state index contributed by atoms with van der Waals surface area (Å²) in [5.74, 6) is 1.90. The van der Waals surface area contributed by atoms with Crippen LogP contribution in [-0.4, -0.2) is 54.3 Å². The molecule has 2 N–H and O–H groups in total. The second-order valence-corrected chi connectivity index (χ2v) is 5.16. The van der Waals surface area contributed by atoms with Gasteiger partial charge in [-0.2, -0.15) is 15.0 Å². The molecule has 2 atom stereocenters. The molecule has 7 heteroatoms. The summed E-state index contributed by atoms with van der Waals surface area (Å²) in [5.41, 5.74) is 0. The molecule has 1 aliphatic carbocycles. The van der Waals surface area contributed by atoms with Crippen LogP contribution in [0.1, 0.15) is 33.1 Å². The Balaban J connectivity index is 2.20. The molecule has 1 aromatic heterocycles. The lowest BCUT2D eigenvalue weighted by molar-refractivity contribution is 0.101. The van der Waals surface area contributed by atoms with Crippen LogP contribution in [0.25, 0.3) is 0 Å². The van der Waals surface area contributed by atoms with Crippen molar-refractivity contribution in [2.75, 3.05) is 42.8 Å². The van der Waals surface area contributed by atoms with E-state index in [-0.39, 0.29) is 12.1 Å². The lowest BCUT2D eigenvalue weighted by atomic mass is 10.2. The molecule has 2 rings (SSSR count). The number of anilines is 3. The SMILES string of the molecule is CCN(CC)c1nc(NC)nc(NC2CCCC2OC)n1. The number of hydrogen-bond acceptors (Lipinski definition) is 7. The third-order valence-electron chi connectivity index (χ3n) is 3.96. The van der Waals surface area contributed by atoms with Gasteiger partial charge in [0.05, 0.1) is 12.1 Å². The van der Waals surface area contributed by atoms with E-state index in [1.807, 2.05) is 7.05 Å². The van der Waals surface area contributed by atoms with Crippen LogP contribution < -0.4 is 15.5 Å². The summed E-state index contributed by atoms with van der Waals surface area (Å²) in [4.78, 5) is 15.5. The largest absolute Gasteiger partial charge is 0.379 e. The molecule has 21 heavy (non-hydrogen) atoms. The quantitative estimate of drug-likeness (QED) is 0.793. The normalized spacial score (nSPS) is 21.3. The van der Waals surface area contributed by atoms with Crippen molar-refractivity contribution in [1.29, 1.82) is 0 Å². The summed E-state index contributed by atoms with van der Waals surface area (Å²) in [6.07, 6.45) is 3.57. The van der Waals surface area contributed by atoms with Gasteiger partial charge >= 0.3 is 0 Å². The molecule has 2 unspecified atom stereocenters. The van der Waals surface area contributed by atoms with Gasteiger partial charge in [-0.1, -0.05) is 0 Å². The van der Waals surface area contributed by atoms with Crippen molar-refractivity contribution in [3.8, 4) is 0 Å². The molecule has 1 saturated carbocycles. The van der Waals surface area contributed by atoms with Crippen molar-refractivity contribution >= 4 is 17.8 Å². The zero-order valence-corrected chi connectivity index (χ0v) is 13.4. The van der Waals surface area contributed by atoms with Crippen molar-refractivity contribution in [2.45, 2.75) is 45.3 Å². The summed E-state index contributed by atoms with van der Waals surface area (Å²) in [6.45, 7) is 5.93. The van der Waals surface area contributed by atoms with Gasteiger partial charge in [0.2, 0.25) is 17.8 Å². The minimum absolute atomic E-state index is 0.233. The average molecular weight is 294 g/mol. The van der Waals surface area contributed by atoms with Gasteiger partial charge in [-0.15, -0.1) is 0 Å². The molecule has 7 nitrogen and oxygen atoms in total. The molecule has 0 bridgehead atoms. The molecular formula is C14H26N6O. The zero-order valence-electron chi connectivity index (χ0n) is 13.4. The van der Waals surface area contributed by atoms with Crippen LogP contribution >= 0.6 is 0 Å². The summed E-state index contributed by atoms with van der Waals surface area (Å²) in [5, 5.41) is 6.41. The maximum Gasteiger partial charge on any atom is 0.231 e. The first kappa shape index (κ1) is 15.8. The van der Waals surface area contributed by atoms with E-state index in [0.717, 1.165) is 25.9 Å². The summed E-state index contributed by atoms with van der Waals surface area (Å²) in [6, 6.07) is 0.270. The van der Waals surface area contributed by atoms with Crippen LogP contribution in [0.3, 0.4) is 0 Å². The standard InChI is InChI=1S/C14H26N6O/c1-5-20(6-2)14-18-12(15-3)17-13(19-14)16-10-8-7-9-11(10)21-4/h10-11H,5-9H2,1-4H3,(H2,15,16,17,18,19). The van der Waals surface area contributed by atoms with Gasteiger partial charge < -0.3 is 20.3 Å². The number of methoxy groups -OCH3 is 1. The Bertz CT molecular complexity index is 451. The molecule has 118 valence electrons. The zero-order chi connectivity index (χ0) is 15.2. The molecule has 1 aromatic rings. The fraction of sp³-hybridized carbons (Fsp3) is 0.786. The van der Waals surface area contributed by atoms with Gasteiger partial charge in [0, 0.05) is 27.2 Å². The smallest absolute Gasteiger partial charge is 0.231 e. The minimum atomic E-state index is 0.233. The molecule has 0 spiro atoms. The third kappa shape index (κ3) is 3.72. The van der Waals surface area contributed by atoms with E-state index in [1.54, 1.807) is 7.11 Å². The Morgan fingerprint density at radius 2 is 1.86 bits per heavy atom. The predicted octanol–water partition coefficient (Wildman–Crippen LogP) is 1.74. The molecule has 1 fully saturated rings. The first-order valence-corrected chi connectivity index (χ1v) is 7.69. The number of ether oxygens (including phenoxy) is 1. The van der Waals surface area contributed by atoms with Crippen molar-refractivity contribution < 1.29 is 4.74 Å². The fourth-order valence-corrected chi connectivity index (χ4v) is 2.73. The fourth-order valence-electron chi connectivity index (χ4n) is 2.73. The van der Waals surface area contributed by atoms with Crippen molar-refractivity contribution in [1.82, 2.24) is 15.0 Å². The van der Waals surface area contributed by atoms with Crippen LogP contribution in [0, 0.1) is 0 Å². The van der Waals surface area contributed by atoms with E-state index >= 15 is 0 Å². The van der Waals surface area contributed by atoms with E-state index in [2.05, 4.69) is 44.3 Å². The Morgan fingerprint density at radius 3 is 2.48 bits per heavy atom. The highest BCUT2D eigenvalue weighted by Gasteiger charge is 2.28. The third-order valence-corrected chi connectivity index (χ3v) is 3.96. The molecule has 0 aliphatic heterocycles.